The Morgan fingerprint density at radius 2 is 2.00 bits per heavy atom. The third-order valence-corrected chi connectivity index (χ3v) is 7.97. The second-order valence-electron chi connectivity index (χ2n) is 8.72. The zero-order valence-corrected chi connectivity index (χ0v) is 22.3. The molecule has 8 nitrogen and oxygen atoms in total. The van der Waals surface area contributed by atoms with Gasteiger partial charge in [-0.05, 0) is 53.2 Å². The van der Waals surface area contributed by atoms with Crippen LogP contribution in [0.25, 0.3) is 16.8 Å². The van der Waals surface area contributed by atoms with Crippen LogP contribution >= 0.6 is 34.1 Å². The summed E-state index contributed by atoms with van der Waals surface area (Å²) < 4.78 is 15.2. The standard InChI is InChI=1S/C20H26IN7OSSi/c1-14-8-19(30-25-14)27(13-29-6-7-31(3,4)5)18-9-17(21)24-20-16(11-23-28(18)20)15-10-22-26(2)12-15/h8-12H,6-7,13H2,1-5H3. The van der Waals surface area contributed by atoms with Gasteiger partial charge in [-0.25, -0.2) is 4.98 Å². The highest BCUT2D eigenvalue weighted by molar-refractivity contribution is 14.1. The molecule has 0 N–H and O–H groups in total. The summed E-state index contributed by atoms with van der Waals surface area (Å²) in [6.45, 7) is 10.3. The van der Waals surface area contributed by atoms with Crippen molar-refractivity contribution in [2.45, 2.75) is 32.6 Å². The molecule has 0 unspecified atom stereocenters. The Hall–Kier alpha value is -1.83. The molecule has 0 atom stereocenters. The molecule has 0 spiro atoms. The number of hydrogen-bond acceptors (Lipinski definition) is 7. The van der Waals surface area contributed by atoms with Crippen LogP contribution in [0.1, 0.15) is 5.69 Å². The maximum absolute atomic E-state index is 6.14. The Morgan fingerprint density at radius 3 is 2.65 bits per heavy atom. The van der Waals surface area contributed by atoms with Crippen molar-refractivity contribution in [3.8, 4) is 11.1 Å². The summed E-state index contributed by atoms with van der Waals surface area (Å²) >= 11 is 3.72. The van der Waals surface area contributed by atoms with Gasteiger partial charge in [-0.3, -0.25) is 9.58 Å². The molecule has 0 amide bonds. The molecular formula is C20H26IN7OSSi. The van der Waals surface area contributed by atoms with E-state index in [1.165, 1.54) is 11.5 Å². The van der Waals surface area contributed by atoms with Crippen molar-refractivity contribution in [2.24, 2.45) is 7.05 Å². The first-order valence-electron chi connectivity index (χ1n) is 10.0. The van der Waals surface area contributed by atoms with E-state index in [-0.39, 0.29) is 0 Å². The second-order valence-corrected chi connectivity index (χ2v) is 16.2. The molecule has 0 radical (unpaired) electrons. The molecule has 0 saturated carbocycles. The minimum absolute atomic E-state index is 0.434. The van der Waals surface area contributed by atoms with Crippen molar-refractivity contribution in [1.29, 1.82) is 0 Å². The molecule has 4 heterocycles. The molecule has 31 heavy (non-hydrogen) atoms. The molecule has 0 fully saturated rings. The van der Waals surface area contributed by atoms with Gasteiger partial charge in [0.25, 0.3) is 0 Å². The highest BCUT2D eigenvalue weighted by atomic mass is 127. The highest BCUT2D eigenvalue weighted by Crippen LogP contribution is 2.33. The molecule has 11 heteroatoms. The Kier molecular flexibility index (Phi) is 6.46. The molecule has 0 aliphatic heterocycles. The van der Waals surface area contributed by atoms with Crippen molar-refractivity contribution in [1.82, 2.24) is 28.8 Å². The molecule has 4 aromatic rings. The van der Waals surface area contributed by atoms with E-state index < -0.39 is 8.07 Å². The fraction of sp³-hybridized carbons (Fsp3) is 0.400. The third kappa shape index (κ3) is 5.15. The summed E-state index contributed by atoms with van der Waals surface area (Å²) in [6, 6.07) is 5.24. The Bertz CT molecular complexity index is 1200. The average Bonchev–Trinajstić information content (AvgIpc) is 3.40. The summed E-state index contributed by atoms with van der Waals surface area (Å²) in [7, 11) is 0.748. The SMILES string of the molecule is Cc1cc(N(COCC[Si](C)(C)C)c2cc(I)nc3c(-c4cnn(C)c4)cnn23)sn1. The third-order valence-electron chi connectivity index (χ3n) is 4.81. The van der Waals surface area contributed by atoms with Gasteiger partial charge in [-0.2, -0.15) is 19.1 Å². The van der Waals surface area contributed by atoms with Crippen molar-refractivity contribution in [2.75, 3.05) is 18.2 Å². The first-order chi connectivity index (χ1) is 14.7. The van der Waals surface area contributed by atoms with E-state index in [2.05, 4.69) is 67.8 Å². The van der Waals surface area contributed by atoms with Crippen molar-refractivity contribution in [3.63, 3.8) is 0 Å². The number of aromatic nitrogens is 6. The first-order valence-corrected chi connectivity index (χ1v) is 15.6. The van der Waals surface area contributed by atoms with Crippen molar-refractivity contribution in [3.05, 3.63) is 40.1 Å². The van der Waals surface area contributed by atoms with E-state index in [1.807, 2.05) is 43.1 Å². The summed E-state index contributed by atoms with van der Waals surface area (Å²) in [4.78, 5) is 6.90. The monoisotopic (exact) mass is 567 g/mol. The minimum atomic E-state index is -1.16. The number of ether oxygens (including phenoxy) is 1. The van der Waals surface area contributed by atoms with E-state index in [4.69, 9.17) is 9.72 Å². The van der Waals surface area contributed by atoms with E-state index in [9.17, 15) is 0 Å². The lowest BCUT2D eigenvalue weighted by atomic mass is 10.2. The fourth-order valence-electron chi connectivity index (χ4n) is 3.13. The number of aryl methyl sites for hydroxylation is 2. The van der Waals surface area contributed by atoms with Crippen LogP contribution in [0.4, 0.5) is 10.8 Å². The molecule has 0 aliphatic rings. The second kappa shape index (κ2) is 8.96. The maximum atomic E-state index is 6.14. The van der Waals surface area contributed by atoms with Gasteiger partial charge in [0.15, 0.2) is 5.65 Å². The lowest BCUT2D eigenvalue weighted by Crippen LogP contribution is -2.26. The van der Waals surface area contributed by atoms with Crippen LogP contribution in [0.3, 0.4) is 0 Å². The number of fused-ring (bicyclic) bond motifs is 1. The van der Waals surface area contributed by atoms with Gasteiger partial charge < -0.3 is 4.74 Å². The number of nitrogens with zero attached hydrogens (tertiary/aromatic N) is 7. The fourth-order valence-corrected chi connectivity index (χ4v) is 5.15. The molecule has 0 saturated heterocycles. The van der Waals surface area contributed by atoms with Gasteiger partial charge in [0.05, 0.1) is 18.1 Å². The molecule has 0 aromatic carbocycles. The zero-order valence-electron chi connectivity index (χ0n) is 18.3. The summed E-state index contributed by atoms with van der Waals surface area (Å²) in [6.07, 6.45) is 5.66. The lowest BCUT2D eigenvalue weighted by Gasteiger charge is -2.24. The topological polar surface area (TPSA) is 73.4 Å². The van der Waals surface area contributed by atoms with Gasteiger partial charge in [0, 0.05) is 45.1 Å². The molecule has 4 rings (SSSR count). The molecule has 0 aliphatic carbocycles. The Labute approximate surface area is 200 Å². The summed E-state index contributed by atoms with van der Waals surface area (Å²) in [5.41, 5.74) is 3.73. The smallest absolute Gasteiger partial charge is 0.166 e. The number of halogens is 1. The highest BCUT2D eigenvalue weighted by Gasteiger charge is 2.21. The van der Waals surface area contributed by atoms with Gasteiger partial charge in [-0.1, -0.05) is 19.6 Å². The lowest BCUT2D eigenvalue weighted by molar-refractivity contribution is 0.153. The number of anilines is 2. The number of rotatable bonds is 8. The van der Waals surface area contributed by atoms with Gasteiger partial charge >= 0.3 is 0 Å². The molecule has 164 valence electrons. The minimum Gasteiger partial charge on any atom is -0.361 e. The predicted molar refractivity (Wildman–Crippen MR) is 136 cm³/mol. The van der Waals surface area contributed by atoms with E-state index in [1.54, 1.807) is 4.68 Å². The van der Waals surface area contributed by atoms with Gasteiger partial charge in [0.2, 0.25) is 0 Å². The maximum Gasteiger partial charge on any atom is 0.166 e. The van der Waals surface area contributed by atoms with Crippen LogP contribution in [-0.4, -0.2) is 50.2 Å². The van der Waals surface area contributed by atoms with Gasteiger partial charge in [0.1, 0.15) is 21.3 Å². The quantitative estimate of drug-likeness (QED) is 0.0987. The van der Waals surface area contributed by atoms with Crippen LogP contribution in [0, 0.1) is 10.6 Å². The Morgan fingerprint density at radius 1 is 1.19 bits per heavy atom. The van der Waals surface area contributed by atoms with Crippen molar-refractivity contribution >= 4 is 58.7 Å². The zero-order chi connectivity index (χ0) is 22.2. The van der Waals surface area contributed by atoms with Crippen LogP contribution in [0.15, 0.2) is 30.7 Å². The van der Waals surface area contributed by atoms with E-state index in [0.29, 0.717) is 6.73 Å². The predicted octanol–water partition coefficient (Wildman–Crippen LogP) is 4.95. The van der Waals surface area contributed by atoms with Crippen molar-refractivity contribution < 1.29 is 4.74 Å². The van der Waals surface area contributed by atoms with E-state index in [0.717, 1.165) is 49.6 Å². The van der Waals surface area contributed by atoms with E-state index >= 15 is 0 Å². The van der Waals surface area contributed by atoms with Crippen LogP contribution in [0.5, 0.6) is 0 Å². The Balaban J connectivity index is 1.73. The number of hydrogen-bond donors (Lipinski definition) is 0. The molecular weight excluding hydrogens is 541 g/mol. The summed E-state index contributed by atoms with van der Waals surface area (Å²) in [5, 5.41) is 9.99. The summed E-state index contributed by atoms with van der Waals surface area (Å²) in [5.74, 6) is 0.904. The van der Waals surface area contributed by atoms with Crippen LogP contribution < -0.4 is 4.90 Å². The van der Waals surface area contributed by atoms with Gasteiger partial charge in [-0.15, -0.1) is 0 Å². The largest absolute Gasteiger partial charge is 0.361 e. The first kappa shape index (κ1) is 22.4. The normalized spacial score (nSPS) is 12.1. The van der Waals surface area contributed by atoms with Crippen LogP contribution in [0.2, 0.25) is 25.7 Å². The van der Waals surface area contributed by atoms with Crippen LogP contribution in [-0.2, 0) is 11.8 Å². The molecule has 0 bridgehead atoms. The average molecular weight is 568 g/mol. The molecule has 4 aromatic heterocycles.